The standard InChI is InChI=1S/C14H18N2O3S/c17-20(9-11-5-2-1-3-6-11)10-13-15-14(16-19-13)12-7-4-8-18-12/h4,7-8,11H,1-3,5-6,9-10H2. The molecule has 0 bridgehead atoms. The summed E-state index contributed by atoms with van der Waals surface area (Å²) in [5.41, 5.74) is 0. The fourth-order valence-electron chi connectivity index (χ4n) is 2.63. The maximum absolute atomic E-state index is 12.1. The zero-order valence-electron chi connectivity index (χ0n) is 11.3. The van der Waals surface area contributed by atoms with E-state index in [0.29, 0.717) is 29.1 Å². The average Bonchev–Trinajstić information content (AvgIpc) is 3.10. The molecule has 2 aromatic heterocycles. The van der Waals surface area contributed by atoms with Gasteiger partial charge in [0, 0.05) is 16.6 Å². The van der Waals surface area contributed by atoms with Crippen molar-refractivity contribution in [2.45, 2.75) is 37.9 Å². The zero-order valence-corrected chi connectivity index (χ0v) is 12.1. The van der Waals surface area contributed by atoms with Crippen LogP contribution in [-0.2, 0) is 16.6 Å². The van der Waals surface area contributed by atoms with Crippen LogP contribution >= 0.6 is 0 Å². The van der Waals surface area contributed by atoms with Crippen molar-refractivity contribution >= 4 is 10.8 Å². The number of rotatable bonds is 5. The Morgan fingerprint density at radius 3 is 2.90 bits per heavy atom. The first-order valence-corrected chi connectivity index (χ1v) is 8.51. The predicted octanol–water partition coefficient (Wildman–Crippen LogP) is 3.16. The van der Waals surface area contributed by atoms with Gasteiger partial charge in [0.1, 0.15) is 5.75 Å². The van der Waals surface area contributed by atoms with Gasteiger partial charge in [0.2, 0.25) is 11.7 Å². The molecule has 2 aromatic rings. The lowest BCUT2D eigenvalue weighted by Gasteiger charge is -2.20. The van der Waals surface area contributed by atoms with Crippen LogP contribution < -0.4 is 0 Å². The van der Waals surface area contributed by atoms with Crippen molar-refractivity contribution in [3.63, 3.8) is 0 Å². The molecule has 6 heteroatoms. The minimum Gasteiger partial charge on any atom is -0.461 e. The lowest BCUT2D eigenvalue weighted by molar-refractivity contribution is 0.383. The molecule has 1 fully saturated rings. The van der Waals surface area contributed by atoms with Crippen LogP contribution in [0, 0.1) is 5.92 Å². The summed E-state index contributed by atoms with van der Waals surface area (Å²) in [5, 5.41) is 3.84. The highest BCUT2D eigenvalue weighted by atomic mass is 32.2. The van der Waals surface area contributed by atoms with Crippen molar-refractivity contribution in [2.24, 2.45) is 5.92 Å². The van der Waals surface area contributed by atoms with E-state index >= 15 is 0 Å². The summed E-state index contributed by atoms with van der Waals surface area (Å²) in [6, 6.07) is 3.54. The minimum absolute atomic E-state index is 0.338. The molecule has 0 amide bonds. The normalized spacial score (nSPS) is 18.2. The van der Waals surface area contributed by atoms with Crippen LogP contribution in [0.2, 0.25) is 0 Å². The minimum atomic E-state index is -0.929. The Labute approximate surface area is 120 Å². The average molecular weight is 294 g/mol. The molecule has 2 heterocycles. The monoisotopic (exact) mass is 294 g/mol. The number of nitrogens with zero attached hydrogens (tertiary/aromatic N) is 2. The molecule has 0 radical (unpaired) electrons. The van der Waals surface area contributed by atoms with E-state index in [-0.39, 0.29) is 0 Å². The van der Waals surface area contributed by atoms with E-state index in [1.54, 1.807) is 18.4 Å². The molecule has 0 aromatic carbocycles. The fourth-order valence-corrected chi connectivity index (χ4v) is 4.00. The van der Waals surface area contributed by atoms with E-state index in [9.17, 15) is 4.21 Å². The van der Waals surface area contributed by atoms with Gasteiger partial charge in [-0.2, -0.15) is 4.98 Å². The van der Waals surface area contributed by atoms with Crippen LogP contribution in [0.4, 0.5) is 0 Å². The molecule has 0 spiro atoms. The van der Waals surface area contributed by atoms with E-state index in [1.165, 1.54) is 32.1 Å². The Kier molecular flexibility index (Phi) is 4.30. The third-order valence-electron chi connectivity index (χ3n) is 3.64. The summed E-state index contributed by atoms with van der Waals surface area (Å²) in [5.74, 6) is 3.09. The first-order valence-electron chi connectivity index (χ1n) is 7.03. The van der Waals surface area contributed by atoms with Gasteiger partial charge in [-0.15, -0.1) is 0 Å². The summed E-state index contributed by atoms with van der Waals surface area (Å²) in [6.45, 7) is 0. The van der Waals surface area contributed by atoms with Crippen LogP contribution in [0.3, 0.4) is 0 Å². The summed E-state index contributed by atoms with van der Waals surface area (Å²) in [4.78, 5) is 4.22. The fraction of sp³-hybridized carbons (Fsp3) is 0.571. The predicted molar refractivity (Wildman–Crippen MR) is 75.3 cm³/mol. The molecule has 5 nitrogen and oxygen atoms in total. The quantitative estimate of drug-likeness (QED) is 0.847. The molecular formula is C14H18N2O3S. The molecular weight excluding hydrogens is 276 g/mol. The summed E-state index contributed by atoms with van der Waals surface area (Å²) in [7, 11) is -0.929. The lowest BCUT2D eigenvalue weighted by atomic mass is 9.91. The Balaban J connectivity index is 1.56. The smallest absolute Gasteiger partial charge is 0.239 e. The maximum Gasteiger partial charge on any atom is 0.239 e. The Morgan fingerprint density at radius 2 is 2.15 bits per heavy atom. The highest BCUT2D eigenvalue weighted by Gasteiger charge is 2.18. The second-order valence-corrected chi connectivity index (χ2v) is 6.75. The van der Waals surface area contributed by atoms with Crippen molar-refractivity contribution in [3.8, 4) is 11.6 Å². The molecule has 108 valence electrons. The van der Waals surface area contributed by atoms with Gasteiger partial charge in [-0.1, -0.05) is 24.4 Å². The van der Waals surface area contributed by atoms with Gasteiger partial charge in [-0.25, -0.2) is 0 Å². The van der Waals surface area contributed by atoms with Crippen LogP contribution in [0.15, 0.2) is 27.3 Å². The van der Waals surface area contributed by atoms with Gasteiger partial charge in [-0.3, -0.25) is 4.21 Å². The zero-order chi connectivity index (χ0) is 13.8. The topological polar surface area (TPSA) is 69.1 Å². The van der Waals surface area contributed by atoms with Gasteiger partial charge >= 0.3 is 0 Å². The molecule has 0 N–H and O–H groups in total. The van der Waals surface area contributed by atoms with Gasteiger partial charge in [0.05, 0.1) is 6.26 Å². The van der Waals surface area contributed by atoms with Crippen molar-refractivity contribution in [3.05, 3.63) is 24.3 Å². The summed E-state index contributed by atoms with van der Waals surface area (Å²) < 4.78 is 22.5. The Bertz CT molecular complexity index is 559. The maximum atomic E-state index is 12.1. The summed E-state index contributed by atoms with van der Waals surface area (Å²) in [6.07, 6.45) is 7.82. The number of aromatic nitrogens is 2. The van der Waals surface area contributed by atoms with E-state index < -0.39 is 10.8 Å². The van der Waals surface area contributed by atoms with E-state index in [0.717, 1.165) is 5.75 Å². The molecule has 1 unspecified atom stereocenters. The van der Waals surface area contributed by atoms with Crippen molar-refractivity contribution < 1.29 is 13.1 Å². The van der Waals surface area contributed by atoms with Crippen molar-refractivity contribution in [2.75, 3.05) is 5.75 Å². The molecule has 1 saturated carbocycles. The third kappa shape index (κ3) is 3.36. The first kappa shape index (κ1) is 13.5. The van der Waals surface area contributed by atoms with Crippen LogP contribution in [-0.4, -0.2) is 20.1 Å². The van der Waals surface area contributed by atoms with Gasteiger partial charge in [0.25, 0.3) is 0 Å². The SMILES string of the molecule is O=S(Cc1nc(-c2ccco2)no1)CC1CCCCC1. The Hall–Kier alpha value is -1.43. The van der Waals surface area contributed by atoms with Gasteiger partial charge < -0.3 is 8.94 Å². The number of furan rings is 1. The number of hydrogen-bond acceptors (Lipinski definition) is 5. The van der Waals surface area contributed by atoms with E-state index in [1.807, 2.05) is 0 Å². The second kappa shape index (κ2) is 6.35. The van der Waals surface area contributed by atoms with E-state index in [2.05, 4.69) is 10.1 Å². The molecule has 20 heavy (non-hydrogen) atoms. The van der Waals surface area contributed by atoms with Crippen molar-refractivity contribution in [1.82, 2.24) is 10.1 Å². The highest BCUT2D eigenvalue weighted by molar-refractivity contribution is 7.84. The van der Waals surface area contributed by atoms with Crippen LogP contribution in [0.5, 0.6) is 0 Å². The van der Waals surface area contributed by atoms with Crippen LogP contribution in [0.1, 0.15) is 38.0 Å². The third-order valence-corrected chi connectivity index (χ3v) is 5.05. The lowest BCUT2D eigenvalue weighted by Crippen LogP contribution is -2.15. The van der Waals surface area contributed by atoms with Gasteiger partial charge in [-0.05, 0) is 30.9 Å². The molecule has 1 atom stereocenters. The van der Waals surface area contributed by atoms with Crippen LogP contribution in [0.25, 0.3) is 11.6 Å². The molecule has 1 aliphatic carbocycles. The molecule has 1 aliphatic rings. The van der Waals surface area contributed by atoms with Crippen molar-refractivity contribution in [1.29, 1.82) is 0 Å². The van der Waals surface area contributed by atoms with E-state index in [4.69, 9.17) is 8.94 Å². The number of hydrogen-bond donors (Lipinski definition) is 0. The van der Waals surface area contributed by atoms with Gasteiger partial charge in [0.15, 0.2) is 5.76 Å². The first-order chi connectivity index (χ1) is 9.81. The second-order valence-electron chi connectivity index (χ2n) is 5.24. The molecule has 3 rings (SSSR count). The molecule has 0 saturated heterocycles. The largest absolute Gasteiger partial charge is 0.461 e. The summed E-state index contributed by atoms with van der Waals surface area (Å²) >= 11 is 0. The highest BCUT2D eigenvalue weighted by Crippen LogP contribution is 2.25. The Morgan fingerprint density at radius 1 is 1.30 bits per heavy atom. The molecule has 0 aliphatic heterocycles.